The van der Waals surface area contributed by atoms with E-state index in [9.17, 15) is 13.6 Å². The van der Waals surface area contributed by atoms with Crippen molar-refractivity contribution >= 4 is 17.6 Å². The first-order valence-corrected chi connectivity index (χ1v) is 7.93. The maximum Gasteiger partial charge on any atom is 0.122 e. The third-order valence-corrected chi connectivity index (χ3v) is 4.67. The number of hydrogen-bond donors (Lipinski definition) is 0. The lowest BCUT2D eigenvalue weighted by Gasteiger charge is -2.39. The van der Waals surface area contributed by atoms with Gasteiger partial charge in [-0.15, -0.1) is 0 Å². The van der Waals surface area contributed by atoms with Gasteiger partial charge in [0.1, 0.15) is 6.29 Å². The van der Waals surface area contributed by atoms with E-state index in [1.807, 2.05) is 6.92 Å². The van der Waals surface area contributed by atoms with Crippen LogP contribution in [0.2, 0.25) is 0 Å². The molecular weight excluding hydrogens is 266 g/mol. The molecule has 0 bridgehead atoms. The highest BCUT2D eigenvalue weighted by atomic mass is 32.2. The highest BCUT2D eigenvalue weighted by Crippen LogP contribution is 2.26. The number of likely N-dealkylation sites (tertiary alicyclic amines) is 1. The van der Waals surface area contributed by atoms with Crippen LogP contribution in [-0.2, 0) is 20.3 Å². The van der Waals surface area contributed by atoms with Crippen LogP contribution in [0.3, 0.4) is 0 Å². The molecule has 1 heterocycles. The molecule has 1 rings (SSSR count). The lowest BCUT2D eigenvalue weighted by atomic mass is 9.96. The van der Waals surface area contributed by atoms with Crippen LogP contribution in [0.5, 0.6) is 0 Å². The van der Waals surface area contributed by atoms with E-state index in [2.05, 4.69) is 18.7 Å². The Hall–Kier alpha value is -0.300. The fraction of sp³-hybridized carbons (Fsp3) is 0.923. The molecule has 1 aliphatic heterocycles. The molecule has 0 radical (unpaired) electrons. The summed E-state index contributed by atoms with van der Waals surface area (Å²) in [4.78, 5) is 13.0. The molecule has 6 heteroatoms. The first-order valence-electron chi connectivity index (χ1n) is 6.93. The van der Waals surface area contributed by atoms with Crippen LogP contribution in [0, 0.1) is 5.92 Å². The Balaban J connectivity index is 2.77. The van der Waals surface area contributed by atoms with E-state index in [-0.39, 0.29) is 12.5 Å². The predicted octanol–water partition coefficient (Wildman–Crippen LogP) is 1.65. The molecule has 0 aromatic heterocycles. The van der Waals surface area contributed by atoms with Gasteiger partial charge in [0.05, 0.1) is 17.5 Å². The van der Waals surface area contributed by atoms with Crippen LogP contribution < -0.4 is 0 Å². The van der Waals surface area contributed by atoms with Crippen molar-refractivity contribution in [2.24, 2.45) is 5.92 Å². The Morgan fingerprint density at radius 1 is 1.47 bits per heavy atom. The second-order valence-corrected chi connectivity index (χ2v) is 6.03. The normalized spacial score (nSPS) is 30.3. The zero-order chi connectivity index (χ0) is 14.4. The summed E-state index contributed by atoms with van der Waals surface area (Å²) in [5.74, 6) is 0.569. The number of aldehydes is 1. The monoisotopic (exact) mass is 290 g/mol. The number of hydrogen-bond acceptors (Lipinski definition) is 5. The Morgan fingerprint density at radius 3 is 2.74 bits per heavy atom. The minimum Gasteiger partial charge on any atom is -0.750 e. The van der Waals surface area contributed by atoms with Gasteiger partial charge >= 0.3 is 0 Å². The van der Waals surface area contributed by atoms with Crippen molar-refractivity contribution in [3.05, 3.63) is 0 Å². The SMILES string of the molecule is CC1CCCCN(C(C)C(CC=O)OS(=O)[O-])C1C. The number of carbonyl (C=O) groups excluding carboxylic acids is 1. The van der Waals surface area contributed by atoms with E-state index < -0.39 is 17.5 Å². The molecule has 1 fully saturated rings. The first-order chi connectivity index (χ1) is 8.97. The fourth-order valence-corrected chi connectivity index (χ4v) is 3.27. The molecule has 5 atom stereocenters. The molecule has 19 heavy (non-hydrogen) atoms. The van der Waals surface area contributed by atoms with E-state index in [0.717, 1.165) is 19.3 Å². The molecule has 5 nitrogen and oxygen atoms in total. The summed E-state index contributed by atoms with van der Waals surface area (Å²) in [6.07, 6.45) is 3.72. The first kappa shape index (κ1) is 16.8. The van der Waals surface area contributed by atoms with E-state index in [4.69, 9.17) is 4.18 Å². The van der Waals surface area contributed by atoms with Gasteiger partial charge in [0, 0.05) is 18.5 Å². The van der Waals surface area contributed by atoms with Gasteiger partial charge in [-0.05, 0) is 39.2 Å². The summed E-state index contributed by atoms with van der Waals surface area (Å²) in [5.41, 5.74) is 0. The van der Waals surface area contributed by atoms with Gasteiger partial charge < -0.3 is 9.35 Å². The van der Waals surface area contributed by atoms with Crippen molar-refractivity contribution in [3.8, 4) is 0 Å². The molecule has 0 N–H and O–H groups in total. The van der Waals surface area contributed by atoms with Gasteiger partial charge in [-0.25, -0.2) is 4.21 Å². The molecule has 0 amide bonds. The largest absolute Gasteiger partial charge is 0.750 e. The second kappa shape index (κ2) is 8.09. The Bertz CT molecular complexity index is 313. The predicted molar refractivity (Wildman–Crippen MR) is 73.1 cm³/mol. The standard InChI is InChI=1S/C13H25NO4S/c1-10-6-4-5-8-14(11(10)2)12(3)13(7-9-15)18-19(16)17/h9-13H,4-8H2,1-3H3,(H,16,17)/p-1. The molecule has 1 saturated heterocycles. The van der Waals surface area contributed by atoms with Gasteiger partial charge in [-0.2, -0.15) is 0 Å². The summed E-state index contributed by atoms with van der Waals surface area (Å²) in [6, 6.07) is 0.286. The summed E-state index contributed by atoms with van der Waals surface area (Å²) in [5, 5.41) is 0. The van der Waals surface area contributed by atoms with Gasteiger partial charge in [-0.3, -0.25) is 9.08 Å². The Morgan fingerprint density at radius 2 is 2.16 bits per heavy atom. The van der Waals surface area contributed by atoms with E-state index >= 15 is 0 Å². The molecule has 0 aromatic carbocycles. The van der Waals surface area contributed by atoms with Crippen molar-refractivity contribution in [1.29, 1.82) is 0 Å². The molecule has 0 aromatic rings. The van der Waals surface area contributed by atoms with E-state index in [0.29, 0.717) is 12.0 Å². The second-order valence-electron chi connectivity index (χ2n) is 5.43. The lowest BCUT2D eigenvalue weighted by molar-refractivity contribution is -0.110. The molecule has 1 aliphatic rings. The van der Waals surface area contributed by atoms with Crippen LogP contribution in [0.1, 0.15) is 46.5 Å². The summed E-state index contributed by atoms with van der Waals surface area (Å²) >= 11 is -2.58. The highest BCUT2D eigenvalue weighted by molar-refractivity contribution is 7.74. The van der Waals surface area contributed by atoms with Crippen LogP contribution in [0.25, 0.3) is 0 Å². The van der Waals surface area contributed by atoms with Gasteiger partial charge in [0.2, 0.25) is 0 Å². The van der Waals surface area contributed by atoms with Gasteiger partial charge in [-0.1, -0.05) is 13.3 Å². The van der Waals surface area contributed by atoms with Crippen molar-refractivity contribution in [2.45, 2.75) is 64.6 Å². The molecular formula is C13H24NO4S-. The van der Waals surface area contributed by atoms with E-state index in [1.54, 1.807) is 0 Å². The molecule has 112 valence electrons. The van der Waals surface area contributed by atoms with Crippen LogP contribution in [0.4, 0.5) is 0 Å². The minimum atomic E-state index is -2.58. The Kier molecular flexibility index (Phi) is 7.13. The molecule has 0 spiro atoms. The van der Waals surface area contributed by atoms with Crippen molar-refractivity contribution in [2.75, 3.05) is 6.54 Å². The molecule has 0 saturated carbocycles. The third kappa shape index (κ3) is 4.95. The lowest BCUT2D eigenvalue weighted by Crippen LogP contribution is -2.49. The smallest absolute Gasteiger partial charge is 0.122 e. The summed E-state index contributed by atoms with van der Waals surface area (Å²) in [6.45, 7) is 7.25. The van der Waals surface area contributed by atoms with Crippen LogP contribution >= 0.6 is 0 Å². The topological polar surface area (TPSA) is 69.7 Å². The van der Waals surface area contributed by atoms with Gasteiger partial charge in [0.25, 0.3) is 0 Å². The van der Waals surface area contributed by atoms with Crippen molar-refractivity contribution in [3.63, 3.8) is 0 Å². The summed E-state index contributed by atoms with van der Waals surface area (Å²) < 4.78 is 26.3. The Labute approximate surface area is 118 Å². The van der Waals surface area contributed by atoms with Crippen molar-refractivity contribution in [1.82, 2.24) is 4.90 Å². The van der Waals surface area contributed by atoms with Crippen LogP contribution in [0.15, 0.2) is 0 Å². The maximum absolute atomic E-state index is 10.7. The van der Waals surface area contributed by atoms with E-state index in [1.165, 1.54) is 12.8 Å². The quantitative estimate of drug-likeness (QED) is 0.549. The fourth-order valence-electron chi connectivity index (χ4n) is 2.83. The zero-order valence-corrected chi connectivity index (χ0v) is 12.7. The highest BCUT2D eigenvalue weighted by Gasteiger charge is 2.31. The average molecular weight is 290 g/mol. The number of rotatable bonds is 6. The zero-order valence-electron chi connectivity index (χ0n) is 11.9. The number of carbonyl (C=O) groups is 1. The summed E-state index contributed by atoms with van der Waals surface area (Å²) in [7, 11) is 0. The van der Waals surface area contributed by atoms with Crippen molar-refractivity contribution < 1.29 is 17.7 Å². The molecule has 0 aliphatic carbocycles. The van der Waals surface area contributed by atoms with Gasteiger partial charge in [0.15, 0.2) is 0 Å². The minimum absolute atomic E-state index is 0.0846. The number of nitrogens with zero attached hydrogens (tertiary/aromatic N) is 1. The maximum atomic E-state index is 10.7. The molecule has 5 unspecified atom stereocenters. The average Bonchev–Trinajstić information content (AvgIpc) is 2.51. The van der Waals surface area contributed by atoms with Crippen LogP contribution in [-0.4, -0.2) is 44.7 Å². The third-order valence-electron chi connectivity index (χ3n) is 4.26.